The second-order valence-electron chi connectivity index (χ2n) is 2.86. The van der Waals surface area contributed by atoms with Crippen LogP contribution in [0.5, 0.6) is 0 Å². The quantitative estimate of drug-likeness (QED) is 0.855. The average Bonchev–Trinajstić information content (AvgIpc) is 2.51. The highest BCUT2D eigenvalue weighted by atomic mass is 35.5. The van der Waals surface area contributed by atoms with E-state index in [0.717, 1.165) is 11.0 Å². The second kappa shape index (κ2) is 3.73. The molecule has 0 saturated carbocycles. The first-order valence-electron chi connectivity index (χ1n) is 4.10. The molecule has 2 aromatic rings. The fourth-order valence-electron chi connectivity index (χ4n) is 1.25. The molecule has 0 amide bonds. The maximum atomic E-state index is 5.88. The standard InChI is InChI=1S/C8H8Cl2N4/c9-5-3-7-8(4-6(5)10)14(2-1-11)13-12-7/h3-4H,1-2,11H2. The average molecular weight is 231 g/mol. The van der Waals surface area contributed by atoms with Gasteiger partial charge in [0, 0.05) is 6.54 Å². The molecule has 0 aliphatic heterocycles. The van der Waals surface area contributed by atoms with Crippen LogP contribution < -0.4 is 5.73 Å². The van der Waals surface area contributed by atoms with Gasteiger partial charge in [-0.05, 0) is 12.1 Å². The minimum absolute atomic E-state index is 0.485. The van der Waals surface area contributed by atoms with Crippen molar-refractivity contribution in [1.82, 2.24) is 15.0 Å². The minimum Gasteiger partial charge on any atom is -0.329 e. The van der Waals surface area contributed by atoms with E-state index in [0.29, 0.717) is 23.1 Å². The third-order valence-corrected chi connectivity index (χ3v) is 2.62. The van der Waals surface area contributed by atoms with Gasteiger partial charge in [0.1, 0.15) is 5.52 Å². The SMILES string of the molecule is NCCn1nnc2cc(Cl)c(Cl)cc21. The molecule has 0 aliphatic rings. The van der Waals surface area contributed by atoms with Crippen LogP contribution in [0, 0.1) is 0 Å². The zero-order valence-corrected chi connectivity index (χ0v) is 8.76. The zero-order valence-electron chi connectivity index (χ0n) is 7.24. The number of halogens is 2. The summed E-state index contributed by atoms with van der Waals surface area (Å²) in [5, 5.41) is 8.88. The number of aromatic nitrogens is 3. The molecule has 0 saturated heterocycles. The molecule has 0 aliphatic carbocycles. The lowest BCUT2D eigenvalue weighted by Gasteiger charge is -1.99. The molecule has 0 atom stereocenters. The lowest BCUT2D eigenvalue weighted by molar-refractivity contribution is 0.616. The lowest BCUT2D eigenvalue weighted by atomic mass is 10.3. The van der Waals surface area contributed by atoms with Crippen molar-refractivity contribution < 1.29 is 0 Å². The summed E-state index contributed by atoms with van der Waals surface area (Å²) in [5.41, 5.74) is 7.01. The van der Waals surface area contributed by atoms with Gasteiger partial charge in [-0.25, -0.2) is 4.68 Å². The Morgan fingerprint density at radius 3 is 2.71 bits per heavy atom. The largest absolute Gasteiger partial charge is 0.329 e. The Morgan fingerprint density at radius 2 is 2.00 bits per heavy atom. The first-order valence-corrected chi connectivity index (χ1v) is 4.86. The smallest absolute Gasteiger partial charge is 0.114 e. The molecule has 1 heterocycles. The lowest BCUT2D eigenvalue weighted by Crippen LogP contribution is -2.10. The highest BCUT2D eigenvalue weighted by Crippen LogP contribution is 2.26. The molecule has 0 fully saturated rings. The van der Waals surface area contributed by atoms with E-state index in [-0.39, 0.29) is 0 Å². The summed E-state index contributed by atoms with van der Waals surface area (Å²) in [4.78, 5) is 0. The number of hydrogen-bond donors (Lipinski definition) is 1. The van der Waals surface area contributed by atoms with Crippen molar-refractivity contribution in [2.75, 3.05) is 6.54 Å². The van der Waals surface area contributed by atoms with E-state index in [1.54, 1.807) is 16.8 Å². The minimum atomic E-state index is 0.485. The van der Waals surface area contributed by atoms with Crippen molar-refractivity contribution in [2.45, 2.75) is 6.54 Å². The summed E-state index contributed by atoms with van der Waals surface area (Å²) < 4.78 is 1.71. The maximum absolute atomic E-state index is 5.88. The van der Waals surface area contributed by atoms with Crippen LogP contribution in [0.15, 0.2) is 12.1 Å². The Labute approximate surface area is 90.6 Å². The summed E-state index contributed by atoms with van der Waals surface area (Å²) in [6.07, 6.45) is 0. The van der Waals surface area contributed by atoms with Gasteiger partial charge in [-0.2, -0.15) is 0 Å². The predicted molar refractivity (Wildman–Crippen MR) is 56.6 cm³/mol. The van der Waals surface area contributed by atoms with Crippen LogP contribution in [-0.4, -0.2) is 21.5 Å². The Balaban J connectivity index is 2.61. The Hall–Kier alpha value is -0.840. The molecule has 14 heavy (non-hydrogen) atoms. The van der Waals surface area contributed by atoms with Crippen molar-refractivity contribution in [3.05, 3.63) is 22.2 Å². The molecule has 2 N–H and O–H groups in total. The number of hydrogen-bond acceptors (Lipinski definition) is 3. The molecule has 1 aromatic carbocycles. The number of benzene rings is 1. The van der Waals surface area contributed by atoms with Gasteiger partial charge >= 0.3 is 0 Å². The molecule has 0 spiro atoms. The van der Waals surface area contributed by atoms with E-state index in [1.165, 1.54) is 0 Å². The van der Waals surface area contributed by atoms with Gasteiger partial charge in [0.05, 0.1) is 22.1 Å². The van der Waals surface area contributed by atoms with Gasteiger partial charge in [0.2, 0.25) is 0 Å². The molecule has 4 nitrogen and oxygen atoms in total. The molecule has 6 heteroatoms. The zero-order chi connectivity index (χ0) is 10.1. The van der Waals surface area contributed by atoms with Crippen LogP contribution in [0.1, 0.15) is 0 Å². The third-order valence-electron chi connectivity index (χ3n) is 1.90. The van der Waals surface area contributed by atoms with Gasteiger partial charge in [-0.3, -0.25) is 0 Å². The van der Waals surface area contributed by atoms with Crippen molar-refractivity contribution in [3.8, 4) is 0 Å². The van der Waals surface area contributed by atoms with Gasteiger partial charge in [0.15, 0.2) is 0 Å². The first-order chi connectivity index (χ1) is 6.72. The number of nitrogens with zero attached hydrogens (tertiary/aromatic N) is 3. The van der Waals surface area contributed by atoms with E-state index < -0.39 is 0 Å². The summed E-state index contributed by atoms with van der Waals surface area (Å²) in [5.74, 6) is 0. The third kappa shape index (κ3) is 1.56. The first kappa shape index (κ1) is 9.71. The van der Waals surface area contributed by atoms with Gasteiger partial charge < -0.3 is 5.73 Å². The molecular weight excluding hydrogens is 223 g/mol. The fourth-order valence-corrected chi connectivity index (χ4v) is 1.57. The predicted octanol–water partition coefficient (Wildman–Crippen LogP) is 1.70. The normalized spacial score (nSPS) is 11.1. The Kier molecular flexibility index (Phi) is 2.58. The van der Waals surface area contributed by atoms with E-state index in [1.807, 2.05) is 0 Å². The van der Waals surface area contributed by atoms with Crippen LogP contribution in [0.25, 0.3) is 11.0 Å². The highest BCUT2D eigenvalue weighted by molar-refractivity contribution is 6.42. The van der Waals surface area contributed by atoms with Gasteiger partial charge in [-0.15, -0.1) is 5.10 Å². The van der Waals surface area contributed by atoms with E-state index >= 15 is 0 Å². The molecule has 0 bridgehead atoms. The van der Waals surface area contributed by atoms with E-state index in [2.05, 4.69) is 10.3 Å². The Bertz CT molecular complexity index is 466. The number of fused-ring (bicyclic) bond motifs is 1. The van der Waals surface area contributed by atoms with Crippen molar-refractivity contribution >= 4 is 34.2 Å². The molecule has 2 rings (SSSR count). The van der Waals surface area contributed by atoms with Crippen molar-refractivity contribution in [2.24, 2.45) is 5.73 Å². The number of rotatable bonds is 2. The molecule has 0 unspecified atom stereocenters. The Morgan fingerprint density at radius 1 is 1.29 bits per heavy atom. The summed E-state index contributed by atoms with van der Waals surface area (Å²) in [6.45, 7) is 1.13. The summed E-state index contributed by atoms with van der Waals surface area (Å²) in [7, 11) is 0. The van der Waals surface area contributed by atoms with Crippen LogP contribution in [0.3, 0.4) is 0 Å². The van der Waals surface area contributed by atoms with Crippen molar-refractivity contribution in [1.29, 1.82) is 0 Å². The molecule has 74 valence electrons. The second-order valence-corrected chi connectivity index (χ2v) is 3.67. The molecule has 0 radical (unpaired) electrons. The maximum Gasteiger partial charge on any atom is 0.114 e. The number of nitrogens with two attached hydrogens (primary N) is 1. The topological polar surface area (TPSA) is 56.7 Å². The fraction of sp³-hybridized carbons (Fsp3) is 0.250. The van der Waals surface area contributed by atoms with E-state index in [4.69, 9.17) is 28.9 Å². The summed E-state index contributed by atoms with van der Waals surface area (Å²) >= 11 is 11.7. The molecular formula is C8H8Cl2N4. The van der Waals surface area contributed by atoms with Crippen LogP contribution >= 0.6 is 23.2 Å². The van der Waals surface area contributed by atoms with Crippen LogP contribution in [0.4, 0.5) is 0 Å². The van der Waals surface area contributed by atoms with Crippen LogP contribution in [-0.2, 0) is 6.54 Å². The summed E-state index contributed by atoms with van der Waals surface area (Å²) in [6, 6.07) is 3.44. The highest BCUT2D eigenvalue weighted by Gasteiger charge is 2.07. The van der Waals surface area contributed by atoms with Crippen molar-refractivity contribution in [3.63, 3.8) is 0 Å². The van der Waals surface area contributed by atoms with Gasteiger partial charge in [0.25, 0.3) is 0 Å². The van der Waals surface area contributed by atoms with Crippen LogP contribution in [0.2, 0.25) is 10.0 Å². The van der Waals surface area contributed by atoms with E-state index in [9.17, 15) is 0 Å². The monoisotopic (exact) mass is 230 g/mol. The van der Waals surface area contributed by atoms with Gasteiger partial charge in [-0.1, -0.05) is 28.4 Å². The molecule has 1 aromatic heterocycles.